The fraction of sp³-hybridized carbons (Fsp3) is 0.526. The number of aryl methyl sites for hydroxylation is 1. The molecule has 1 aliphatic heterocycles. The Balaban J connectivity index is 1.44. The molecule has 0 bridgehead atoms. The number of rotatable bonds is 7. The van der Waals surface area contributed by atoms with Crippen LogP contribution in [0.3, 0.4) is 0 Å². The number of hydrogen-bond acceptors (Lipinski definition) is 4. The van der Waals surface area contributed by atoms with Crippen LogP contribution >= 0.6 is 0 Å². The van der Waals surface area contributed by atoms with E-state index in [2.05, 4.69) is 39.9 Å². The van der Waals surface area contributed by atoms with Gasteiger partial charge in [0.2, 0.25) is 0 Å². The van der Waals surface area contributed by atoms with Gasteiger partial charge in [-0.1, -0.05) is 35.5 Å². The molecule has 2 aromatic rings. The summed E-state index contributed by atoms with van der Waals surface area (Å²) >= 11 is 0. The van der Waals surface area contributed by atoms with E-state index in [-0.39, 0.29) is 5.91 Å². The van der Waals surface area contributed by atoms with Gasteiger partial charge in [-0.05, 0) is 50.8 Å². The van der Waals surface area contributed by atoms with Crippen molar-refractivity contribution >= 4 is 5.91 Å². The highest BCUT2D eigenvalue weighted by molar-refractivity contribution is 5.91. The molecule has 1 fully saturated rings. The molecule has 1 aromatic carbocycles. The van der Waals surface area contributed by atoms with E-state index in [1.807, 2.05) is 17.8 Å². The predicted molar refractivity (Wildman–Crippen MR) is 97.5 cm³/mol. The number of benzene rings is 1. The van der Waals surface area contributed by atoms with Crippen LogP contribution in [-0.4, -0.2) is 52.5 Å². The quantitative estimate of drug-likeness (QED) is 0.785. The first-order valence-electron chi connectivity index (χ1n) is 9.16. The van der Waals surface area contributed by atoms with Gasteiger partial charge in [-0.2, -0.15) is 0 Å². The molecule has 25 heavy (non-hydrogen) atoms. The molecule has 0 unspecified atom stereocenters. The lowest BCUT2D eigenvalue weighted by molar-refractivity contribution is 0.0787. The molecule has 6 heteroatoms. The van der Waals surface area contributed by atoms with Crippen LogP contribution in [0.4, 0.5) is 0 Å². The average molecular weight is 341 g/mol. The summed E-state index contributed by atoms with van der Waals surface area (Å²) < 4.78 is 1.86. The second-order valence-corrected chi connectivity index (χ2v) is 6.73. The Labute approximate surface area is 149 Å². The van der Waals surface area contributed by atoms with Gasteiger partial charge in [0.25, 0.3) is 5.91 Å². The Hall–Kier alpha value is -2.21. The van der Waals surface area contributed by atoms with Crippen molar-refractivity contribution in [3.05, 3.63) is 47.8 Å². The van der Waals surface area contributed by atoms with E-state index < -0.39 is 0 Å². The molecular formula is C19H27N5O. The molecule has 0 atom stereocenters. The van der Waals surface area contributed by atoms with Crippen molar-refractivity contribution < 1.29 is 4.79 Å². The number of carbonyl (C=O) groups is 1. The first-order chi connectivity index (χ1) is 12.2. The lowest BCUT2D eigenvalue weighted by atomic mass is 10.1. The minimum Gasteiger partial charge on any atom is -0.340 e. The topological polar surface area (TPSA) is 63.1 Å². The summed E-state index contributed by atoms with van der Waals surface area (Å²) in [6.07, 6.45) is 6.98. The van der Waals surface area contributed by atoms with Gasteiger partial charge in [-0.3, -0.25) is 4.79 Å². The van der Waals surface area contributed by atoms with Crippen LogP contribution in [0.1, 0.15) is 47.8 Å². The number of unbranched alkanes of at least 4 members (excludes halogenated alkanes) is 1. The number of piperidine rings is 1. The summed E-state index contributed by atoms with van der Waals surface area (Å²) in [5, 5.41) is 11.6. The molecule has 1 N–H and O–H groups in total. The number of carbonyl (C=O) groups excluding carboxylic acids is 1. The van der Waals surface area contributed by atoms with Gasteiger partial charge in [-0.15, -0.1) is 5.10 Å². The largest absolute Gasteiger partial charge is 0.340 e. The summed E-state index contributed by atoms with van der Waals surface area (Å²) in [6.45, 7) is 2.73. The van der Waals surface area contributed by atoms with Crippen molar-refractivity contribution in [2.75, 3.05) is 26.7 Å². The number of nitrogens with one attached hydrogen (secondary N) is 1. The van der Waals surface area contributed by atoms with E-state index in [9.17, 15) is 4.79 Å². The molecule has 6 nitrogen and oxygen atoms in total. The van der Waals surface area contributed by atoms with E-state index in [1.54, 1.807) is 11.1 Å². The zero-order valence-electron chi connectivity index (χ0n) is 14.9. The number of nitrogens with zero attached hydrogens (tertiary/aromatic N) is 4. The van der Waals surface area contributed by atoms with Gasteiger partial charge in [0.1, 0.15) is 0 Å². The summed E-state index contributed by atoms with van der Waals surface area (Å²) in [6, 6.07) is 10.8. The molecule has 1 aromatic heterocycles. The Kier molecular flexibility index (Phi) is 6.17. The Morgan fingerprint density at radius 1 is 1.24 bits per heavy atom. The summed E-state index contributed by atoms with van der Waals surface area (Å²) in [5.41, 5.74) is 1.80. The summed E-state index contributed by atoms with van der Waals surface area (Å²) in [5.74, 6) is -0.0418. The third kappa shape index (κ3) is 4.89. The standard InChI is InChI=1S/C19H27N5O/c1-23(14-6-5-9-16-7-3-2-4-8-16)19(25)18-15-24(22-21-18)17-10-12-20-13-11-17/h2-4,7-8,15,17,20H,5-6,9-14H2,1H3. The van der Waals surface area contributed by atoms with Crippen LogP contribution in [0.5, 0.6) is 0 Å². The van der Waals surface area contributed by atoms with Crippen LogP contribution in [0, 0.1) is 0 Å². The molecule has 1 amide bonds. The first-order valence-corrected chi connectivity index (χ1v) is 9.16. The average Bonchev–Trinajstić information content (AvgIpc) is 3.16. The third-order valence-corrected chi connectivity index (χ3v) is 4.81. The summed E-state index contributed by atoms with van der Waals surface area (Å²) in [4.78, 5) is 14.3. The van der Waals surface area contributed by atoms with Gasteiger partial charge >= 0.3 is 0 Å². The minimum atomic E-state index is -0.0418. The van der Waals surface area contributed by atoms with Gasteiger partial charge in [0.15, 0.2) is 5.69 Å². The number of aromatic nitrogens is 3. The molecule has 0 saturated carbocycles. The fourth-order valence-corrected chi connectivity index (χ4v) is 3.24. The smallest absolute Gasteiger partial charge is 0.275 e. The van der Waals surface area contributed by atoms with Crippen molar-refractivity contribution in [1.82, 2.24) is 25.2 Å². The Morgan fingerprint density at radius 2 is 2.00 bits per heavy atom. The van der Waals surface area contributed by atoms with Crippen molar-refractivity contribution in [1.29, 1.82) is 0 Å². The highest BCUT2D eigenvalue weighted by atomic mass is 16.2. The molecule has 3 rings (SSSR count). The lowest BCUT2D eigenvalue weighted by Gasteiger charge is -2.22. The SMILES string of the molecule is CN(CCCCc1ccccc1)C(=O)c1cn(C2CCNCC2)nn1. The summed E-state index contributed by atoms with van der Waals surface area (Å²) in [7, 11) is 1.84. The third-order valence-electron chi connectivity index (χ3n) is 4.81. The molecular weight excluding hydrogens is 314 g/mol. The van der Waals surface area contributed by atoms with Crippen LogP contribution in [0.25, 0.3) is 0 Å². The molecule has 0 aliphatic carbocycles. The van der Waals surface area contributed by atoms with Crippen LogP contribution in [-0.2, 0) is 6.42 Å². The zero-order valence-corrected chi connectivity index (χ0v) is 14.9. The molecule has 0 spiro atoms. The van der Waals surface area contributed by atoms with E-state index in [1.165, 1.54) is 5.56 Å². The van der Waals surface area contributed by atoms with Crippen LogP contribution in [0.15, 0.2) is 36.5 Å². The lowest BCUT2D eigenvalue weighted by Crippen LogP contribution is -2.30. The Bertz CT molecular complexity index is 663. The van der Waals surface area contributed by atoms with E-state index in [4.69, 9.17) is 0 Å². The van der Waals surface area contributed by atoms with E-state index in [0.717, 1.165) is 51.7 Å². The van der Waals surface area contributed by atoms with Gasteiger partial charge < -0.3 is 10.2 Å². The normalized spacial score (nSPS) is 15.2. The second-order valence-electron chi connectivity index (χ2n) is 6.73. The number of amides is 1. The van der Waals surface area contributed by atoms with E-state index in [0.29, 0.717) is 11.7 Å². The minimum absolute atomic E-state index is 0.0418. The van der Waals surface area contributed by atoms with Gasteiger partial charge in [0.05, 0.1) is 12.2 Å². The van der Waals surface area contributed by atoms with Crippen molar-refractivity contribution in [2.24, 2.45) is 0 Å². The van der Waals surface area contributed by atoms with Crippen LogP contribution < -0.4 is 5.32 Å². The molecule has 134 valence electrons. The molecule has 1 saturated heterocycles. The monoisotopic (exact) mass is 341 g/mol. The zero-order chi connectivity index (χ0) is 17.5. The van der Waals surface area contributed by atoms with E-state index >= 15 is 0 Å². The fourth-order valence-electron chi connectivity index (χ4n) is 3.24. The van der Waals surface area contributed by atoms with Crippen molar-refractivity contribution in [3.63, 3.8) is 0 Å². The first kappa shape index (κ1) is 17.6. The van der Waals surface area contributed by atoms with Crippen LogP contribution in [0.2, 0.25) is 0 Å². The molecule has 1 aliphatic rings. The van der Waals surface area contributed by atoms with Gasteiger partial charge in [0, 0.05) is 13.6 Å². The predicted octanol–water partition coefficient (Wildman–Crippen LogP) is 2.30. The van der Waals surface area contributed by atoms with Gasteiger partial charge in [-0.25, -0.2) is 4.68 Å². The molecule has 2 heterocycles. The molecule has 0 radical (unpaired) electrons. The maximum Gasteiger partial charge on any atom is 0.275 e. The second kappa shape index (κ2) is 8.76. The van der Waals surface area contributed by atoms with Crippen molar-refractivity contribution in [2.45, 2.75) is 38.1 Å². The highest BCUT2D eigenvalue weighted by Crippen LogP contribution is 2.17. The van der Waals surface area contributed by atoms with Crippen molar-refractivity contribution in [3.8, 4) is 0 Å². The Morgan fingerprint density at radius 3 is 2.76 bits per heavy atom. The number of hydrogen-bond donors (Lipinski definition) is 1. The highest BCUT2D eigenvalue weighted by Gasteiger charge is 2.20. The maximum absolute atomic E-state index is 12.5. The maximum atomic E-state index is 12.5.